The van der Waals surface area contributed by atoms with Gasteiger partial charge in [-0.15, -0.1) is 0 Å². The van der Waals surface area contributed by atoms with Crippen molar-refractivity contribution in [1.82, 2.24) is 14.5 Å². The van der Waals surface area contributed by atoms with E-state index in [4.69, 9.17) is 4.98 Å². The van der Waals surface area contributed by atoms with Gasteiger partial charge < -0.3 is 4.57 Å². The van der Waals surface area contributed by atoms with Crippen molar-refractivity contribution in [3.63, 3.8) is 0 Å². The molecule has 0 saturated carbocycles. The van der Waals surface area contributed by atoms with E-state index in [2.05, 4.69) is 145 Å². The molecule has 192 valence electrons. The maximum Gasteiger partial charge on any atom is 0.140 e. The molecule has 1 unspecified atom stereocenters. The molecule has 0 saturated heterocycles. The summed E-state index contributed by atoms with van der Waals surface area (Å²) in [6, 6.07) is 43.1. The Kier molecular flexibility index (Phi) is 8.47. The molecule has 1 aromatic heterocycles. The van der Waals surface area contributed by atoms with E-state index in [1.807, 2.05) is 0 Å². The summed E-state index contributed by atoms with van der Waals surface area (Å²) < 4.78 is 2.49. The van der Waals surface area contributed by atoms with Crippen LogP contribution in [-0.4, -0.2) is 14.5 Å². The SMILES string of the molecule is CCCCn1c(-c2ccccc2)nc(-c2ccccc2)c1C(C)N(Cc1ccccc1)Cc1ccccc1. The van der Waals surface area contributed by atoms with Crippen molar-refractivity contribution in [2.75, 3.05) is 0 Å². The molecule has 1 atom stereocenters. The summed E-state index contributed by atoms with van der Waals surface area (Å²) in [5.41, 5.74) is 7.34. The number of unbranched alkanes of at least 4 members (excludes halogenated alkanes) is 1. The van der Waals surface area contributed by atoms with E-state index in [-0.39, 0.29) is 6.04 Å². The molecule has 5 aromatic rings. The highest BCUT2D eigenvalue weighted by molar-refractivity contribution is 5.69. The molecular formula is C35H37N3. The molecule has 0 aliphatic rings. The first kappa shape index (κ1) is 25.7. The fourth-order valence-electron chi connectivity index (χ4n) is 5.19. The molecule has 0 bridgehead atoms. The van der Waals surface area contributed by atoms with Crippen molar-refractivity contribution in [2.45, 2.75) is 52.4 Å². The van der Waals surface area contributed by atoms with Gasteiger partial charge in [-0.25, -0.2) is 4.98 Å². The van der Waals surface area contributed by atoms with Crippen molar-refractivity contribution in [1.29, 1.82) is 0 Å². The first-order chi connectivity index (χ1) is 18.7. The molecule has 0 N–H and O–H groups in total. The topological polar surface area (TPSA) is 21.1 Å². The monoisotopic (exact) mass is 499 g/mol. The summed E-state index contributed by atoms with van der Waals surface area (Å²) in [7, 11) is 0. The quantitative estimate of drug-likeness (QED) is 0.181. The molecule has 0 aliphatic carbocycles. The van der Waals surface area contributed by atoms with Crippen LogP contribution in [0.2, 0.25) is 0 Å². The lowest BCUT2D eigenvalue weighted by Gasteiger charge is -2.31. The average Bonchev–Trinajstić information content (AvgIpc) is 3.37. The summed E-state index contributed by atoms with van der Waals surface area (Å²) in [6.07, 6.45) is 2.25. The predicted octanol–water partition coefficient (Wildman–Crippen LogP) is 8.78. The molecule has 0 radical (unpaired) electrons. The third-order valence-electron chi connectivity index (χ3n) is 7.22. The molecule has 3 heteroatoms. The second-order valence-electron chi connectivity index (χ2n) is 9.96. The van der Waals surface area contributed by atoms with Crippen molar-refractivity contribution < 1.29 is 0 Å². The number of imidazole rings is 1. The molecule has 1 heterocycles. The Morgan fingerprint density at radius 3 is 1.63 bits per heavy atom. The number of benzene rings is 4. The van der Waals surface area contributed by atoms with Gasteiger partial charge in [0.15, 0.2) is 0 Å². The zero-order valence-corrected chi connectivity index (χ0v) is 22.5. The molecule has 3 nitrogen and oxygen atoms in total. The van der Waals surface area contributed by atoms with Gasteiger partial charge in [0.25, 0.3) is 0 Å². The lowest BCUT2D eigenvalue weighted by Crippen LogP contribution is -2.28. The minimum Gasteiger partial charge on any atom is -0.326 e. The zero-order chi connectivity index (χ0) is 26.2. The van der Waals surface area contributed by atoms with Gasteiger partial charge in [-0.3, -0.25) is 4.90 Å². The van der Waals surface area contributed by atoms with E-state index in [1.165, 1.54) is 22.4 Å². The Morgan fingerprint density at radius 1 is 0.658 bits per heavy atom. The van der Waals surface area contributed by atoms with Crippen molar-refractivity contribution in [2.24, 2.45) is 0 Å². The minimum atomic E-state index is 0.146. The lowest BCUT2D eigenvalue weighted by molar-refractivity contribution is 0.185. The predicted molar refractivity (Wildman–Crippen MR) is 159 cm³/mol. The highest BCUT2D eigenvalue weighted by atomic mass is 15.2. The van der Waals surface area contributed by atoms with Crippen LogP contribution in [0.15, 0.2) is 121 Å². The number of hydrogen-bond acceptors (Lipinski definition) is 2. The molecule has 0 fully saturated rings. The molecule has 4 aromatic carbocycles. The van der Waals surface area contributed by atoms with E-state index in [1.54, 1.807) is 0 Å². The Balaban J connectivity index is 1.66. The Labute approximate surface area is 227 Å². The fourth-order valence-corrected chi connectivity index (χ4v) is 5.19. The van der Waals surface area contributed by atoms with Crippen molar-refractivity contribution >= 4 is 0 Å². The molecule has 0 aliphatic heterocycles. The van der Waals surface area contributed by atoms with Crippen LogP contribution in [0.5, 0.6) is 0 Å². The van der Waals surface area contributed by atoms with Gasteiger partial charge in [-0.2, -0.15) is 0 Å². The third-order valence-corrected chi connectivity index (χ3v) is 7.22. The second-order valence-corrected chi connectivity index (χ2v) is 9.96. The maximum atomic E-state index is 5.36. The van der Waals surface area contributed by atoms with E-state index < -0.39 is 0 Å². The largest absolute Gasteiger partial charge is 0.326 e. The molecule has 0 spiro atoms. The van der Waals surface area contributed by atoms with E-state index in [9.17, 15) is 0 Å². The van der Waals surface area contributed by atoms with Gasteiger partial charge in [0.2, 0.25) is 0 Å². The summed E-state index contributed by atoms with van der Waals surface area (Å²) in [5, 5.41) is 0. The summed E-state index contributed by atoms with van der Waals surface area (Å²) >= 11 is 0. The number of aromatic nitrogens is 2. The van der Waals surface area contributed by atoms with E-state index in [0.717, 1.165) is 49.6 Å². The van der Waals surface area contributed by atoms with E-state index >= 15 is 0 Å². The van der Waals surface area contributed by atoms with E-state index in [0.29, 0.717) is 0 Å². The normalized spacial score (nSPS) is 12.1. The summed E-state index contributed by atoms with van der Waals surface area (Å²) in [5.74, 6) is 1.05. The standard InChI is InChI=1S/C35H37N3/c1-3-4-25-38-34(33(31-21-13-7-14-22-31)36-35(38)32-23-15-8-16-24-32)28(2)37(26-29-17-9-5-10-18-29)27-30-19-11-6-12-20-30/h5-24,28H,3-4,25-27H2,1-2H3. The number of rotatable bonds is 11. The van der Waals surface area contributed by atoms with Gasteiger partial charge in [0.1, 0.15) is 5.82 Å². The second kappa shape index (κ2) is 12.5. The van der Waals surface area contributed by atoms with Crippen LogP contribution >= 0.6 is 0 Å². The molecule has 5 rings (SSSR count). The van der Waals surface area contributed by atoms with Gasteiger partial charge in [-0.05, 0) is 24.5 Å². The lowest BCUT2D eigenvalue weighted by atomic mass is 10.0. The molecule has 0 amide bonds. The highest BCUT2D eigenvalue weighted by Gasteiger charge is 2.27. The fraction of sp³-hybridized carbons (Fsp3) is 0.229. The maximum absolute atomic E-state index is 5.36. The van der Waals surface area contributed by atoms with Crippen LogP contribution in [0, 0.1) is 0 Å². The van der Waals surface area contributed by atoms with Gasteiger partial charge in [-0.1, -0.05) is 135 Å². The van der Waals surface area contributed by atoms with Crippen LogP contribution in [0.3, 0.4) is 0 Å². The van der Waals surface area contributed by atoms with Gasteiger partial charge >= 0.3 is 0 Å². The van der Waals surface area contributed by atoms with Crippen LogP contribution in [0.25, 0.3) is 22.6 Å². The Hall–Kier alpha value is -3.95. The molecular weight excluding hydrogens is 462 g/mol. The minimum absolute atomic E-state index is 0.146. The Bertz CT molecular complexity index is 1350. The molecule has 38 heavy (non-hydrogen) atoms. The van der Waals surface area contributed by atoms with Crippen molar-refractivity contribution in [3.05, 3.63) is 138 Å². The third kappa shape index (κ3) is 5.95. The van der Waals surface area contributed by atoms with Crippen LogP contribution in [0.1, 0.15) is 49.6 Å². The van der Waals surface area contributed by atoms with Gasteiger partial charge in [0, 0.05) is 30.8 Å². The highest BCUT2D eigenvalue weighted by Crippen LogP contribution is 2.37. The summed E-state index contributed by atoms with van der Waals surface area (Å²) in [6.45, 7) is 7.30. The van der Waals surface area contributed by atoms with Crippen LogP contribution in [-0.2, 0) is 19.6 Å². The first-order valence-corrected chi connectivity index (χ1v) is 13.8. The number of hydrogen-bond donors (Lipinski definition) is 0. The average molecular weight is 500 g/mol. The summed E-state index contributed by atoms with van der Waals surface area (Å²) in [4.78, 5) is 7.95. The Morgan fingerprint density at radius 2 is 1.13 bits per heavy atom. The number of nitrogens with zero attached hydrogens (tertiary/aromatic N) is 3. The smallest absolute Gasteiger partial charge is 0.140 e. The zero-order valence-electron chi connectivity index (χ0n) is 22.5. The first-order valence-electron chi connectivity index (χ1n) is 13.8. The van der Waals surface area contributed by atoms with Crippen molar-refractivity contribution in [3.8, 4) is 22.6 Å². The van der Waals surface area contributed by atoms with Crippen LogP contribution < -0.4 is 0 Å². The van der Waals surface area contributed by atoms with Crippen LogP contribution in [0.4, 0.5) is 0 Å². The van der Waals surface area contributed by atoms with Gasteiger partial charge in [0.05, 0.1) is 17.4 Å².